The fourth-order valence-electron chi connectivity index (χ4n) is 2.84. The van der Waals surface area contributed by atoms with Crippen molar-refractivity contribution in [1.29, 1.82) is 0 Å². The van der Waals surface area contributed by atoms with Crippen molar-refractivity contribution in [2.45, 2.75) is 6.42 Å². The first-order valence-corrected chi connectivity index (χ1v) is 7.43. The van der Waals surface area contributed by atoms with Gasteiger partial charge in [0, 0.05) is 18.2 Å². The molecule has 4 rings (SSSR count). The van der Waals surface area contributed by atoms with Crippen LogP contribution < -0.4 is 15.2 Å². The third kappa shape index (κ3) is 2.10. The maximum Gasteiger partial charge on any atom is 0.162 e. The van der Waals surface area contributed by atoms with Gasteiger partial charge in [-0.05, 0) is 36.9 Å². The number of fused-ring (bicyclic) bond motifs is 2. The first kappa shape index (κ1) is 13.2. The molecule has 0 radical (unpaired) electrons. The lowest BCUT2D eigenvalue weighted by atomic mass is 10.1. The lowest BCUT2D eigenvalue weighted by Crippen LogP contribution is -2.15. The molecule has 5 nitrogen and oxygen atoms in total. The van der Waals surface area contributed by atoms with Crippen LogP contribution in [0.3, 0.4) is 0 Å². The Hall–Kier alpha value is -2.53. The van der Waals surface area contributed by atoms with Crippen LogP contribution in [0.5, 0.6) is 11.5 Å². The fraction of sp³-hybridized carbons (Fsp3) is 0.235. The van der Waals surface area contributed by atoms with E-state index < -0.39 is 0 Å². The Kier molecular flexibility index (Phi) is 3.20. The lowest BCUT2D eigenvalue weighted by molar-refractivity contribution is 0.171. The molecule has 1 aliphatic heterocycles. The third-order valence-electron chi connectivity index (χ3n) is 3.83. The van der Waals surface area contributed by atoms with Gasteiger partial charge in [0.2, 0.25) is 0 Å². The summed E-state index contributed by atoms with van der Waals surface area (Å²) in [6.07, 6.45) is 2.80. The first-order valence-electron chi connectivity index (χ1n) is 7.43. The van der Waals surface area contributed by atoms with Gasteiger partial charge in [0.1, 0.15) is 18.9 Å². The molecule has 0 spiro atoms. The van der Waals surface area contributed by atoms with Gasteiger partial charge in [-0.1, -0.05) is 6.07 Å². The van der Waals surface area contributed by atoms with Crippen LogP contribution in [0.2, 0.25) is 0 Å². The maximum absolute atomic E-state index is 5.78. The monoisotopic (exact) mass is 295 g/mol. The molecule has 2 N–H and O–H groups in total. The molecule has 3 aromatic rings. The quantitative estimate of drug-likeness (QED) is 0.805. The molecule has 0 aliphatic carbocycles. The van der Waals surface area contributed by atoms with Crippen LogP contribution in [0.1, 0.15) is 5.69 Å². The molecule has 0 amide bonds. The molecular formula is C17H17N3O2. The highest BCUT2D eigenvalue weighted by molar-refractivity contribution is 5.69. The van der Waals surface area contributed by atoms with E-state index in [4.69, 9.17) is 20.2 Å². The molecule has 0 atom stereocenters. The van der Waals surface area contributed by atoms with Gasteiger partial charge in [0.15, 0.2) is 11.5 Å². The summed E-state index contributed by atoms with van der Waals surface area (Å²) in [5.74, 6) is 1.57. The number of hydrogen-bond acceptors (Lipinski definition) is 4. The molecule has 0 unspecified atom stereocenters. The van der Waals surface area contributed by atoms with E-state index in [-0.39, 0.29) is 0 Å². The second-order valence-corrected chi connectivity index (χ2v) is 5.23. The Balaban J connectivity index is 1.88. The number of hydrogen-bond donors (Lipinski definition) is 1. The van der Waals surface area contributed by atoms with E-state index in [9.17, 15) is 0 Å². The number of rotatable bonds is 3. The second-order valence-electron chi connectivity index (χ2n) is 5.23. The molecule has 112 valence electrons. The summed E-state index contributed by atoms with van der Waals surface area (Å²) >= 11 is 0. The smallest absolute Gasteiger partial charge is 0.162 e. The lowest BCUT2D eigenvalue weighted by Gasteiger charge is -2.18. The van der Waals surface area contributed by atoms with Gasteiger partial charge in [-0.2, -0.15) is 0 Å². The van der Waals surface area contributed by atoms with Crippen molar-refractivity contribution in [1.82, 2.24) is 9.38 Å². The number of aromatic nitrogens is 2. The highest BCUT2D eigenvalue weighted by Gasteiger charge is 2.17. The van der Waals surface area contributed by atoms with Crippen molar-refractivity contribution in [3.63, 3.8) is 0 Å². The minimum absolute atomic E-state index is 0.581. The predicted octanol–water partition coefficient (Wildman–Crippen LogP) is 2.27. The SMILES string of the molecule is NCCc1c(-c2ccc3c(c2)OCCO3)nc2ccccn12. The molecule has 0 bridgehead atoms. The van der Waals surface area contributed by atoms with E-state index in [1.165, 1.54) is 0 Å². The van der Waals surface area contributed by atoms with E-state index in [1.54, 1.807) is 0 Å². The molecule has 0 saturated heterocycles. The molecule has 2 aromatic heterocycles. The summed E-state index contributed by atoms with van der Waals surface area (Å²) in [5.41, 5.74) is 9.81. The van der Waals surface area contributed by atoms with Gasteiger partial charge < -0.3 is 19.6 Å². The summed E-state index contributed by atoms with van der Waals surface area (Å²) in [6.45, 7) is 1.76. The summed E-state index contributed by atoms with van der Waals surface area (Å²) in [6, 6.07) is 12.0. The highest BCUT2D eigenvalue weighted by atomic mass is 16.6. The van der Waals surface area contributed by atoms with E-state index in [0.29, 0.717) is 19.8 Å². The third-order valence-corrected chi connectivity index (χ3v) is 3.83. The van der Waals surface area contributed by atoms with Crippen LogP contribution in [0, 0.1) is 0 Å². The minimum Gasteiger partial charge on any atom is -0.486 e. The van der Waals surface area contributed by atoms with Crippen molar-refractivity contribution in [2.75, 3.05) is 19.8 Å². The molecule has 1 aromatic carbocycles. The predicted molar refractivity (Wildman–Crippen MR) is 84.4 cm³/mol. The zero-order chi connectivity index (χ0) is 14.9. The summed E-state index contributed by atoms with van der Waals surface area (Å²) in [4.78, 5) is 4.76. The molecule has 0 saturated carbocycles. The Labute approximate surface area is 128 Å². The molecule has 0 fully saturated rings. The van der Waals surface area contributed by atoms with Crippen molar-refractivity contribution < 1.29 is 9.47 Å². The Morgan fingerprint density at radius 2 is 1.95 bits per heavy atom. The van der Waals surface area contributed by atoms with Crippen LogP contribution in [-0.2, 0) is 6.42 Å². The largest absolute Gasteiger partial charge is 0.486 e. The van der Waals surface area contributed by atoms with Crippen LogP contribution in [0.15, 0.2) is 42.6 Å². The van der Waals surface area contributed by atoms with Gasteiger partial charge in [-0.3, -0.25) is 0 Å². The van der Waals surface area contributed by atoms with E-state index in [2.05, 4.69) is 4.40 Å². The first-order chi connectivity index (χ1) is 10.9. The van der Waals surface area contributed by atoms with Crippen LogP contribution in [0.4, 0.5) is 0 Å². The standard InChI is InChI=1S/C17H17N3O2/c18-7-6-13-17(19-16-3-1-2-8-20(13)16)12-4-5-14-15(11-12)22-10-9-21-14/h1-5,8,11H,6-7,9-10,18H2. The molecule has 3 heterocycles. The van der Waals surface area contributed by atoms with Crippen LogP contribution in [0.25, 0.3) is 16.9 Å². The maximum atomic E-state index is 5.78. The number of pyridine rings is 1. The summed E-state index contributed by atoms with van der Waals surface area (Å²) in [7, 11) is 0. The Morgan fingerprint density at radius 1 is 1.09 bits per heavy atom. The van der Waals surface area contributed by atoms with Gasteiger partial charge in [0.05, 0.1) is 11.4 Å². The van der Waals surface area contributed by atoms with E-state index in [1.807, 2.05) is 42.6 Å². The Morgan fingerprint density at radius 3 is 2.82 bits per heavy atom. The zero-order valence-corrected chi connectivity index (χ0v) is 12.2. The summed E-state index contributed by atoms with van der Waals surface area (Å²) < 4.78 is 13.4. The molecule has 5 heteroatoms. The number of ether oxygens (including phenoxy) is 2. The van der Waals surface area contributed by atoms with Crippen molar-refractivity contribution >= 4 is 5.65 Å². The van der Waals surface area contributed by atoms with E-state index in [0.717, 1.165) is 40.5 Å². The Bertz CT molecular complexity index is 826. The van der Waals surface area contributed by atoms with Crippen molar-refractivity contribution in [3.8, 4) is 22.8 Å². The topological polar surface area (TPSA) is 61.8 Å². The van der Waals surface area contributed by atoms with E-state index >= 15 is 0 Å². The molecule has 1 aliphatic rings. The van der Waals surface area contributed by atoms with Gasteiger partial charge in [-0.25, -0.2) is 4.98 Å². The minimum atomic E-state index is 0.581. The number of nitrogens with two attached hydrogens (primary N) is 1. The average Bonchev–Trinajstić information content (AvgIpc) is 2.94. The normalized spacial score (nSPS) is 13.5. The van der Waals surface area contributed by atoms with Crippen LogP contribution in [-0.4, -0.2) is 29.1 Å². The van der Waals surface area contributed by atoms with Crippen molar-refractivity contribution in [3.05, 3.63) is 48.3 Å². The number of benzene rings is 1. The van der Waals surface area contributed by atoms with Gasteiger partial charge in [0.25, 0.3) is 0 Å². The molecular weight excluding hydrogens is 278 g/mol. The van der Waals surface area contributed by atoms with Crippen LogP contribution >= 0.6 is 0 Å². The van der Waals surface area contributed by atoms with Crippen molar-refractivity contribution in [2.24, 2.45) is 5.73 Å². The van der Waals surface area contributed by atoms with Gasteiger partial charge >= 0.3 is 0 Å². The number of nitrogens with zero attached hydrogens (tertiary/aromatic N) is 2. The van der Waals surface area contributed by atoms with Gasteiger partial charge in [-0.15, -0.1) is 0 Å². The second kappa shape index (κ2) is 5.35. The fourth-order valence-corrected chi connectivity index (χ4v) is 2.84. The highest BCUT2D eigenvalue weighted by Crippen LogP contribution is 2.35. The zero-order valence-electron chi connectivity index (χ0n) is 12.2. The average molecular weight is 295 g/mol. The summed E-state index contributed by atoms with van der Waals surface area (Å²) in [5, 5.41) is 0. The molecule has 22 heavy (non-hydrogen) atoms. The number of imidazole rings is 1.